The van der Waals surface area contributed by atoms with Crippen molar-refractivity contribution in [2.75, 3.05) is 32.1 Å². The van der Waals surface area contributed by atoms with Crippen LogP contribution in [0.4, 0.5) is 5.13 Å². The van der Waals surface area contributed by atoms with Crippen molar-refractivity contribution < 1.29 is 4.79 Å². The highest BCUT2D eigenvalue weighted by Gasteiger charge is 2.22. The van der Waals surface area contributed by atoms with Crippen LogP contribution in [-0.4, -0.2) is 43.0 Å². The Morgan fingerprint density at radius 2 is 1.80 bits per heavy atom. The SMILES string of the molecule is CN(C)CCCN(C(=O)c1cccc2ccccc12)c1nc2ccc(Br)cc2s1.Cl. The Morgan fingerprint density at radius 3 is 2.60 bits per heavy atom. The summed E-state index contributed by atoms with van der Waals surface area (Å²) in [6.07, 6.45) is 0.878. The zero-order valence-corrected chi connectivity index (χ0v) is 20.1. The molecule has 1 heterocycles. The number of aromatic nitrogens is 1. The number of rotatable bonds is 6. The van der Waals surface area contributed by atoms with Gasteiger partial charge in [-0.25, -0.2) is 4.98 Å². The number of carbonyl (C=O) groups is 1. The first-order valence-corrected chi connectivity index (χ1v) is 11.1. The number of anilines is 1. The second kappa shape index (κ2) is 9.88. The van der Waals surface area contributed by atoms with Crippen molar-refractivity contribution in [2.45, 2.75) is 6.42 Å². The van der Waals surface area contributed by atoms with Crippen molar-refractivity contribution >= 4 is 71.7 Å². The molecule has 30 heavy (non-hydrogen) atoms. The van der Waals surface area contributed by atoms with E-state index in [4.69, 9.17) is 4.98 Å². The second-order valence-electron chi connectivity index (χ2n) is 7.25. The van der Waals surface area contributed by atoms with E-state index in [2.05, 4.69) is 26.9 Å². The number of nitrogens with zero attached hydrogens (tertiary/aromatic N) is 3. The van der Waals surface area contributed by atoms with Gasteiger partial charge in [-0.1, -0.05) is 63.7 Å². The van der Waals surface area contributed by atoms with Crippen LogP contribution < -0.4 is 4.90 Å². The number of halogens is 2. The quantitative estimate of drug-likeness (QED) is 0.312. The van der Waals surface area contributed by atoms with Gasteiger partial charge in [0.05, 0.1) is 10.2 Å². The molecule has 0 saturated heterocycles. The predicted molar refractivity (Wildman–Crippen MR) is 133 cm³/mol. The maximum absolute atomic E-state index is 13.6. The molecule has 0 aliphatic heterocycles. The fraction of sp³-hybridized carbons (Fsp3) is 0.217. The van der Waals surface area contributed by atoms with E-state index in [1.807, 2.05) is 73.6 Å². The minimum atomic E-state index is -0.00122. The topological polar surface area (TPSA) is 36.4 Å². The molecule has 4 aromatic rings. The lowest BCUT2D eigenvalue weighted by Gasteiger charge is -2.21. The van der Waals surface area contributed by atoms with Crippen LogP contribution in [0.15, 0.2) is 65.1 Å². The van der Waals surface area contributed by atoms with Gasteiger partial charge in [0.2, 0.25) is 0 Å². The summed E-state index contributed by atoms with van der Waals surface area (Å²) in [4.78, 5) is 22.4. The monoisotopic (exact) mass is 503 g/mol. The average Bonchev–Trinajstić information content (AvgIpc) is 3.12. The first-order chi connectivity index (χ1) is 14.0. The van der Waals surface area contributed by atoms with E-state index in [0.717, 1.165) is 43.6 Å². The number of hydrogen-bond acceptors (Lipinski definition) is 4. The molecule has 4 rings (SSSR count). The van der Waals surface area contributed by atoms with Crippen LogP contribution in [0.25, 0.3) is 21.0 Å². The van der Waals surface area contributed by atoms with Crippen LogP contribution in [0.2, 0.25) is 0 Å². The third-order valence-electron chi connectivity index (χ3n) is 4.82. The van der Waals surface area contributed by atoms with Crippen molar-refractivity contribution in [2.24, 2.45) is 0 Å². The minimum absolute atomic E-state index is 0. The molecule has 7 heteroatoms. The molecule has 3 aromatic carbocycles. The molecule has 0 atom stereocenters. The Kier molecular flexibility index (Phi) is 7.47. The molecule has 0 N–H and O–H groups in total. The maximum Gasteiger partial charge on any atom is 0.260 e. The highest BCUT2D eigenvalue weighted by atomic mass is 79.9. The van der Waals surface area contributed by atoms with E-state index < -0.39 is 0 Å². The van der Waals surface area contributed by atoms with E-state index in [-0.39, 0.29) is 18.3 Å². The van der Waals surface area contributed by atoms with Gasteiger partial charge in [0.1, 0.15) is 0 Å². The molecule has 0 radical (unpaired) electrons. The zero-order chi connectivity index (χ0) is 20.4. The van der Waals surface area contributed by atoms with Crippen molar-refractivity contribution in [1.82, 2.24) is 9.88 Å². The van der Waals surface area contributed by atoms with E-state index >= 15 is 0 Å². The van der Waals surface area contributed by atoms with Gasteiger partial charge in [-0.15, -0.1) is 12.4 Å². The van der Waals surface area contributed by atoms with E-state index in [0.29, 0.717) is 12.1 Å². The van der Waals surface area contributed by atoms with Crippen LogP contribution in [0.5, 0.6) is 0 Å². The molecule has 0 saturated carbocycles. The van der Waals surface area contributed by atoms with E-state index in [1.165, 1.54) is 0 Å². The second-order valence-corrected chi connectivity index (χ2v) is 9.17. The lowest BCUT2D eigenvalue weighted by molar-refractivity contribution is 0.0987. The first-order valence-electron chi connectivity index (χ1n) is 9.53. The molecular weight excluding hydrogens is 482 g/mol. The number of carbonyl (C=O) groups excluding carboxylic acids is 1. The van der Waals surface area contributed by atoms with Gasteiger partial charge < -0.3 is 4.90 Å². The Morgan fingerprint density at radius 1 is 1.03 bits per heavy atom. The van der Waals surface area contributed by atoms with Gasteiger partial charge in [0.25, 0.3) is 5.91 Å². The van der Waals surface area contributed by atoms with Crippen molar-refractivity contribution in [1.29, 1.82) is 0 Å². The van der Waals surface area contributed by atoms with Gasteiger partial charge >= 0.3 is 0 Å². The number of fused-ring (bicyclic) bond motifs is 2. The number of amides is 1. The van der Waals surface area contributed by atoms with Gasteiger partial charge in [-0.2, -0.15) is 0 Å². The van der Waals surface area contributed by atoms with Gasteiger partial charge in [0.15, 0.2) is 5.13 Å². The lowest BCUT2D eigenvalue weighted by Crippen LogP contribution is -2.33. The van der Waals surface area contributed by atoms with Crippen LogP contribution in [0, 0.1) is 0 Å². The molecule has 4 nitrogen and oxygen atoms in total. The standard InChI is InChI=1S/C23H22BrN3OS.ClH/c1-26(2)13-6-14-27(23-25-20-12-11-17(24)15-21(20)29-23)22(28)19-10-5-8-16-7-3-4-9-18(16)19;/h3-5,7-12,15H,6,13-14H2,1-2H3;1H. The summed E-state index contributed by atoms with van der Waals surface area (Å²) in [6.45, 7) is 1.54. The summed E-state index contributed by atoms with van der Waals surface area (Å²) in [5, 5.41) is 2.79. The van der Waals surface area contributed by atoms with Crippen molar-refractivity contribution in [3.8, 4) is 0 Å². The molecule has 0 aliphatic carbocycles. The first kappa shape index (κ1) is 22.7. The Labute approximate surface area is 195 Å². The zero-order valence-electron chi connectivity index (χ0n) is 16.8. The van der Waals surface area contributed by atoms with Crippen LogP contribution >= 0.6 is 39.7 Å². The molecular formula is C23H23BrClN3OS. The molecule has 156 valence electrons. The molecule has 0 spiro atoms. The third-order valence-corrected chi connectivity index (χ3v) is 6.36. The average molecular weight is 505 g/mol. The minimum Gasteiger partial charge on any atom is -0.309 e. The Bertz CT molecular complexity index is 1170. The number of thiazole rings is 1. The maximum atomic E-state index is 13.6. The summed E-state index contributed by atoms with van der Waals surface area (Å²) >= 11 is 5.08. The molecule has 1 amide bonds. The van der Waals surface area contributed by atoms with Crippen molar-refractivity contribution in [3.63, 3.8) is 0 Å². The van der Waals surface area contributed by atoms with Crippen LogP contribution in [0.1, 0.15) is 16.8 Å². The highest BCUT2D eigenvalue weighted by molar-refractivity contribution is 9.10. The van der Waals surface area contributed by atoms with Crippen LogP contribution in [-0.2, 0) is 0 Å². The molecule has 0 bridgehead atoms. The van der Waals surface area contributed by atoms with E-state index in [9.17, 15) is 4.79 Å². The normalized spacial score (nSPS) is 11.1. The Balaban J connectivity index is 0.00000256. The largest absolute Gasteiger partial charge is 0.309 e. The van der Waals surface area contributed by atoms with Crippen molar-refractivity contribution in [3.05, 3.63) is 70.7 Å². The van der Waals surface area contributed by atoms with Gasteiger partial charge in [-0.3, -0.25) is 9.69 Å². The molecule has 1 aromatic heterocycles. The highest BCUT2D eigenvalue weighted by Crippen LogP contribution is 2.32. The molecule has 0 fully saturated rings. The third kappa shape index (κ3) is 4.83. The van der Waals surface area contributed by atoms with Gasteiger partial charge in [-0.05, 0) is 62.1 Å². The van der Waals surface area contributed by atoms with Gasteiger partial charge in [0, 0.05) is 16.6 Å². The Hall–Kier alpha value is -1.99. The fourth-order valence-electron chi connectivity index (χ4n) is 3.39. The fourth-order valence-corrected chi connectivity index (χ4v) is 4.93. The smallest absolute Gasteiger partial charge is 0.260 e. The molecule has 0 aliphatic rings. The summed E-state index contributed by atoms with van der Waals surface area (Å²) < 4.78 is 2.08. The van der Waals surface area contributed by atoms with E-state index in [1.54, 1.807) is 11.3 Å². The summed E-state index contributed by atoms with van der Waals surface area (Å²) in [6, 6.07) is 19.9. The number of benzene rings is 3. The lowest BCUT2D eigenvalue weighted by atomic mass is 10.0. The summed E-state index contributed by atoms with van der Waals surface area (Å²) in [7, 11) is 4.10. The summed E-state index contributed by atoms with van der Waals surface area (Å²) in [5.74, 6) is -0.00122. The number of hydrogen-bond donors (Lipinski definition) is 0. The van der Waals surface area contributed by atoms with Crippen LogP contribution in [0.3, 0.4) is 0 Å². The summed E-state index contributed by atoms with van der Waals surface area (Å²) in [5.41, 5.74) is 1.63. The predicted octanol–water partition coefficient (Wildman–Crippen LogP) is 6.23. The molecule has 0 unspecified atom stereocenters.